The van der Waals surface area contributed by atoms with Crippen molar-refractivity contribution in [2.75, 3.05) is 26.2 Å². The second-order valence-corrected chi connectivity index (χ2v) is 4.89. The second kappa shape index (κ2) is 6.73. The lowest BCUT2D eigenvalue weighted by Gasteiger charge is -2.37. The molecule has 1 saturated heterocycles. The van der Waals surface area contributed by atoms with Crippen LogP contribution in [0.4, 0.5) is 0 Å². The van der Waals surface area contributed by atoms with Gasteiger partial charge >= 0.3 is 5.97 Å². The smallest absolute Gasteiger partial charge is 0.320 e. The molecule has 1 atom stereocenters. The van der Waals surface area contributed by atoms with Gasteiger partial charge in [-0.05, 0) is 19.8 Å². The third-order valence-electron chi connectivity index (χ3n) is 3.87. The van der Waals surface area contributed by atoms with E-state index in [1.807, 2.05) is 23.6 Å². The van der Waals surface area contributed by atoms with Gasteiger partial charge in [-0.25, -0.2) is 0 Å². The van der Waals surface area contributed by atoms with Crippen LogP contribution in [0.25, 0.3) is 0 Å². The van der Waals surface area contributed by atoms with Crippen LogP contribution in [0.3, 0.4) is 0 Å². The number of carbonyl (C=O) groups excluding carboxylic acids is 1. The van der Waals surface area contributed by atoms with Crippen molar-refractivity contribution in [2.24, 2.45) is 5.92 Å². The van der Waals surface area contributed by atoms with Crippen LogP contribution < -0.4 is 0 Å². The fraction of sp³-hybridized carbons (Fsp3) is 0.846. The van der Waals surface area contributed by atoms with Gasteiger partial charge in [0, 0.05) is 32.1 Å². The lowest BCUT2D eigenvalue weighted by molar-refractivity contribution is -0.144. The molecule has 0 aromatic carbocycles. The Bertz CT molecular complexity index is 295. The first-order chi connectivity index (χ1) is 8.51. The topological polar surface area (TPSA) is 60.9 Å². The van der Waals surface area contributed by atoms with E-state index >= 15 is 0 Å². The average molecular weight is 256 g/mol. The number of hydrogen-bond donors (Lipinski definition) is 1. The predicted molar refractivity (Wildman–Crippen MR) is 69.3 cm³/mol. The zero-order valence-electron chi connectivity index (χ0n) is 11.6. The first-order valence-electron chi connectivity index (χ1n) is 6.76. The summed E-state index contributed by atoms with van der Waals surface area (Å²) in [5.74, 6) is -0.453. The molecule has 1 fully saturated rings. The van der Waals surface area contributed by atoms with E-state index in [1.165, 1.54) is 0 Å². The van der Waals surface area contributed by atoms with Gasteiger partial charge in [0.2, 0.25) is 5.91 Å². The molecule has 0 saturated carbocycles. The van der Waals surface area contributed by atoms with Gasteiger partial charge < -0.3 is 10.0 Å². The Morgan fingerprint density at radius 2 is 1.61 bits per heavy atom. The molecule has 1 unspecified atom stereocenters. The first kappa shape index (κ1) is 15.0. The van der Waals surface area contributed by atoms with E-state index in [1.54, 1.807) is 6.92 Å². The van der Waals surface area contributed by atoms with Gasteiger partial charge in [-0.15, -0.1) is 0 Å². The Morgan fingerprint density at radius 3 is 2.00 bits per heavy atom. The third kappa shape index (κ3) is 3.45. The van der Waals surface area contributed by atoms with E-state index in [0.29, 0.717) is 26.2 Å². The van der Waals surface area contributed by atoms with Crippen molar-refractivity contribution < 1.29 is 14.7 Å². The molecule has 1 N–H and O–H groups in total. The Labute approximate surface area is 109 Å². The number of nitrogens with zero attached hydrogens (tertiary/aromatic N) is 2. The van der Waals surface area contributed by atoms with E-state index in [9.17, 15) is 9.59 Å². The lowest BCUT2D eigenvalue weighted by atomic mass is 10.0. The summed E-state index contributed by atoms with van der Waals surface area (Å²) in [5, 5.41) is 8.95. The van der Waals surface area contributed by atoms with Gasteiger partial charge in [-0.2, -0.15) is 0 Å². The maximum atomic E-state index is 12.2. The monoisotopic (exact) mass is 256 g/mol. The van der Waals surface area contributed by atoms with Crippen LogP contribution in [0.5, 0.6) is 0 Å². The number of rotatable bonds is 5. The number of carbonyl (C=O) groups is 2. The number of carboxylic acids is 1. The third-order valence-corrected chi connectivity index (χ3v) is 3.87. The van der Waals surface area contributed by atoms with Crippen molar-refractivity contribution in [3.63, 3.8) is 0 Å². The highest BCUT2D eigenvalue weighted by atomic mass is 16.4. The molecule has 0 bridgehead atoms. The Hall–Kier alpha value is -1.10. The highest BCUT2D eigenvalue weighted by molar-refractivity contribution is 5.79. The van der Waals surface area contributed by atoms with E-state index in [0.717, 1.165) is 12.8 Å². The van der Waals surface area contributed by atoms with Gasteiger partial charge in [0.05, 0.1) is 0 Å². The molecule has 1 heterocycles. The van der Waals surface area contributed by atoms with Gasteiger partial charge in [0.25, 0.3) is 0 Å². The van der Waals surface area contributed by atoms with Crippen molar-refractivity contribution in [1.29, 1.82) is 0 Å². The molecule has 0 aromatic rings. The van der Waals surface area contributed by atoms with Crippen molar-refractivity contribution in [3.05, 3.63) is 0 Å². The van der Waals surface area contributed by atoms with Gasteiger partial charge in [0.1, 0.15) is 6.04 Å². The summed E-state index contributed by atoms with van der Waals surface area (Å²) in [6.45, 7) is 8.36. The van der Waals surface area contributed by atoms with Crippen LogP contribution in [0.15, 0.2) is 0 Å². The fourth-order valence-electron chi connectivity index (χ4n) is 2.38. The lowest BCUT2D eigenvalue weighted by Crippen LogP contribution is -2.54. The molecule has 0 spiro atoms. The second-order valence-electron chi connectivity index (χ2n) is 4.89. The minimum atomic E-state index is -0.797. The van der Waals surface area contributed by atoms with Gasteiger partial charge in [-0.3, -0.25) is 14.5 Å². The minimum Gasteiger partial charge on any atom is -0.480 e. The van der Waals surface area contributed by atoms with Gasteiger partial charge in [-0.1, -0.05) is 13.8 Å². The standard InChI is InChI=1S/C13H24N2O3/c1-4-11(5-2)12(16)15-8-6-14(7-9-15)10(3)13(17)18/h10-11H,4-9H2,1-3H3,(H,17,18). The average Bonchev–Trinajstić information content (AvgIpc) is 2.39. The highest BCUT2D eigenvalue weighted by Gasteiger charge is 2.29. The summed E-state index contributed by atoms with van der Waals surface area (Å²) >= 11 is 0. The fourth-order valence-corrected chi connectivity index (χ4v) is 2.38. The normalized spacial score (nSPS) is 19.0. The molecule has 1 amide bonds. The number of piperazine rings is 1. The minimum absolute atomic E-state index is 0.119. The molecule has 1 rings (SSSR count). The van der Waals surface area contributed by atoms with E-state index in [2.05, 4.69) is 0 Å². The number of hydrogen-bond acceptors (Lipinski definition) is 3. The quantitative estimate of drug-likeness (QED) is 0.798. The molecule has 104 valence electrons. The SMILES string of the molecule is CCC(CC)C(=O)N1CCN(C(C)C(=O)O)CC1. The number of carboxylic acid groups (broad SMARTS) is 1. The molecule has 5 heteroatoms. The van der Waals surface area contributed by atoms with E-state index in [4.69, 9.17) is 5.11 Å². The molecule has 0 aliphatic carbocycles. The van der Waals surface area contributed by atoms with Crippen LogP contribution in [0.2, 0.25) is 0 Å². The highest BCUT2D eigenvalue weighted by Crippen LogP contribution is 2.14. The Kier molecular flexibility index (Phi) is 5.59. The summed E-state index contributed by atoms with van der Waals surface area (Å²) in [7, 11) is 0. The number of amides is 1. The largest absolute Gasteiger partial charge is 0.480 e. The summed E-state index contributed by atoms with van der Waals surface area (Å²) in [4.78, 5) is 26.8. The van der Waals surface area contributed by atoms with Crippen LogP contribution in [-0.2, 0) is 9.59 Å². The molecule has 5 nitrogen and oxygen atoms in total. The van der Waals surface area contributed by atoms with Crippen molar-refractivity contribution in [3.8, 4) is 0 Å². The molecule has 18 heavy (non-hydrogen) atoms. The summed E-state index contributed by atoms with van der Waals surface area (Å²) in [5.41, 5.74) is 0. The predicted octanol–water partition coefficient (Wildman–Crippen LogP) is 1.04. The first-order valence-corrected chi connectivity index (χ1v) is 6.76. The molecule has 0 aromatic heterocycles. The maximum absolute atomic E-state index is 12.2. The van der Waals surface area contributed by atoms with Crippen LogP contribution in [0.1, 0.15) is 33.6 Å². The molecular formula is C13H24N2O3. The molecule has 1 aliphatic rings. The van der Waals surface area contributed by atoms with Crippen LogP contribution in [-0.4, -0.2) is 59.0 Å². The summed E-state index contributed by atoms with van der Waals surface area (Å²) in [6.07, 6.45) is 1.75. The van der Waals surface area contributed by atoms with Crippen molar-refractivity contribution >= 4 is 11.9 Å². The Balaban J connectivity index is 2.48. The van der Waals surface area contributed by atoms with Crippen LogP contribution in [0, 0.1) is 5.92 Å². The summed E-state index contributed by atoms with van der Waals surface area (Å²) in [6, 6.07) is -0.463. The van der Waals surface area contributed by atoms with Crippen molar-refractivity contribution in [1.82, 2.24) is 9.80 Å². The Morgan fingerprint density at radius 1 is 1.11 bits per heavy atom. The van der Waals surface area contributed by atoms with Crippen molar-refractivity contribution in [2.45, 2.75) is 39.7 Å². The zero-order valence-corrected chi connectivity index (χ0v) is 11.6. The number of aliphatic carboxylic acids is 1. The van der Waals surface area contributed by atoms with E-state index < -0.39 is 12.0 Å². The van der Waals surface area contributed by atoms with E-state index in [-0.39, 0.29) is 11.8 Å². The summed E-state index contributed by atoms with van der Waals surface area (Å²) < 4.78 is 0. The van der Waals surface area contributed by atoms with Crippen LogP contribution >= 0.6 is 0 Å². The maximum Gasteiger partial charge on any atom is 0.320 e. The zero-order chi connectivity index (χ0) is 13.7. The molecule has 1 aliphatic heterocycles. The van der Waals surface area contributed by atoms with Gasteiger partial charge in [0.15, 0.2) is 0 Å². The molecule has 0 radical (unpaired) electrons. The molecular weight excluding hydrogens is 232 g/mol.